The van der Waals surface area contributed by atoms with E-state index in [1.807, 2.05) is 55.6 Å². The van der Waals surface area contributed by atoms with Gasteiger partial charge in [-0.05, 0) is 37.3 Å². The third-order valence-electron chi connectivity index (χ3n) is 4.72. The number of benzene rings is 1. The van der Waals surface area contributed by atoms with Gasteiger partial charge in [-0.3, -0.25) is 9.78 Å². The van der Waals surface area contributed by atoms with Crippen molar-refractivity contribution in [1.29, 1.82) is 0 Å². The Kier molecular flexibility index (Phi) is 5.61. The van der Waals surface area contributed by atoms with E-state index in [0.29, 0.717) is 17.3 Å². The SMILES string of the molecule is COc1c(NC(=O)C=Cc2cn(-c3ccccc3)nc2-c2cccnc2)c(C)nn1C. The molecule has 0 aliphatic rings. The minimum atomic E-state index is -0.293. The lowest BCUT2D eigenvalue weighted by Gasteiger charge is -2.05. The molecule has 0 unspecified atom stereocenters. The molecule has 0 bridgehead atoms. The van der Waals surface area contributed by atoms with Gasteiger partial charge < -0.3 is 10.1 Å². The van der Waals surface area contributed by atoms with Crippen molar-refractivity contribution in [1.82, 2.24) is 24.5 Å². The summed E-state index contributed by atoms with van der Waals surface area (Å²) in [5.41, 5.74) is 4.54. The van der Waals surface area contributed by atoms with Crippen LogP contribution < -0.4 is 10.1 Å². The highest BCUT2D eigenvalue weighted by Gasteiger charge is 2.16. The van der Waals surface area contributed by atoms with Gasteiger partial charge in [-0.1, -0.05) is 18.2 Å². The predicted octanol–water partition coefficient (Wildman–Crippen LogP) is 3.64. The number of hydrogen-bond donors (Lipinski definition) is 1. The summed E-state index contributed by atoms with van der Waals surface area (Å²) in [6.45, 7) is 1.81. The van der Waals surface area contributed by atoms with Gasteiger partial charge in [0.25, 0.3) is 0 Å². The standard InChI is InChI=1S/C23H22N6O2/c1-16-21(23(31-3)28(2)26-16)25-20(30)12-11-18-15-29(19-9-5-4-6-10-19)27-22(18)17-8-7-13-24-14-17/h4-15H,1-3H3,(H,25,30). The Hall–Kier alpha value is -4.20. The van der Waals surface area contributed by atoms with Crippen LogP contribution in [-0.2, 0) is 11.8 Å². The largest absolute Gasteiger partial charge is 0.480 e. The van der Waals surface area contributed by atoms with Gasteiger partial charge in [-0.15, -0.1) is 0 Å². The lowest BCUT2D eigenvalue weighted by atomic mass is 10.1. The number of anilines is 1. The highest BCUT2D eigenvalue weighted by Crippen LogP contribution is 2.27. The molecule has 1 N–H and O–H groups in total. The molecule has 4 rings (SSSR count). The topological polar surface area (TPSA) is 86.9 Å². The monoisotopic (exact) mass is 414 g/mol. The normalized spacial score (nSPS) is 11.1. The van der Waals surface area contributed by atoms with Gasteiger partial charge in [-0.25, -0.2) is 9.36 Å². The van der Waals surface area contributed by atoms with Gasteiger partial charge >= 0.3 is 0 Å². The number of carbonyl (C=O) groups is 1. The molecule has 0 atom stereocenters. The molecular weight excluding hydrogens is 392 g/mol. The number of ether oxygens (including phenoxy) is 1. The summed E-state index contributed by atoms with van der Waals surface area (Å²) in [6, 6.07) is 13.6. The molecule has 1 amide bonds. The highest BCUT2D eigenvalue weighted by molar-refractivity contribution is 6.03. The third kappa shape index (κ3) is 4.23. The number of nitrogens with zero attached hydrogens (tertiary/aromatic N) is 5. The molecule has 0 saturated carbocycles. The van der Waals surface area contributed by atoms with Crippen LogP contribution in [0, 0.1) is 6.92 Å². The number of aromatic nitrogens is 5. The molecular formula is C23H22N6O2. The lowest BCUT2D eigenvalue weighted by molar-refractivity contribution is -0.111. The Bertz CT molecular complexity index is 1230. The number of methoxy groups -OCH3 is 1. The Morgan fingerprint density at radius 1 is 1.13 bits per heavy atom. The zero-order valence-electron chi connectivity index (χ0n) is 17.5. The number of hydrogen-bond acceptors (Lipinski definition) is 5. The molecule has 156 valence electrons. The van der Waals surface area contributed by atoms with E-state index in [4.69, 9.17) is 9.84 Å². The van der Waals surface area contributed by atoms with Crippen molar-refractivity contribution in [3.63, 3.8) is 0 Å². The maximum atomic E-state index is 12.6. The maximum absolute atomic E-state index is 12.6. The van der Waals surface area contributed by atoms with Crippen molar-refractivity contribution in [3.05, 3.63) is 78.4 Å². The minimum absolute atomic E-state index is 0.293. The van der Waals surface area contributed by atoms with Gasteiger partial charge in [0.2, 0.25) is 11.8 Å². The van der Waals surface area contributed by atoms with E-state index in [0.717, 1.165) is 22.5 Å². The molecule has 0 aliphatic carbocycles. The Labute approximate surface area is 179 Å². The molecule has 8 nitrogen and oxygen atoms in total. The van der Waals surface area contributed by atoms with E-state index in [1.54, 1.807) is 42.0 Å². The van der Waals surface area contributed by atoms with Crippen LogP contribution in [0.4, 0.5) is 5.69 Å². The summed E-state index contributed by atoms with van der Waals surface area (Å²) in [5, 5.41) is 11.8. The van der Waals surface area contributed by atoms with E-state index in [-0.39, 0.29) is 5.91 Å². The molecule has 3 heterocycles. The van der Waals surface area contributed by atoms with Crippen LogP contribution in [-0.4, -0.2) is 37.6 Å². The summed E-state index contributed by atoms with van der Waals surface area (Å²) in [6.07, 6.45) is 8.56. The number of para-hydroxylation sites is 1. The molecule has 8 heteroatoms. The summed E-state index contributed by atoms with van der Waals surface area (Å²) in [5.74, 6) is 0.200. The third-order valence-corrected chi connectivity index (χ3v) is 4.72. The van der Waals surface area contributed by atoms with Crippen LogP contribution in [0.5, 0.6) is 5.88 Å². The zero-order valence-corrected chi connectivity index (χ0v) is 17.5. The lowest BCUT2D eigenvalue weighted by Crippen LogP contribution is -2.09. The predicted molar refractivity (Wildman–Crippen MR) is 119 cm³/mol. The van der Waals surface area contributed by atoms with Gasteiger partial charge in [0, 0.05) is 42.8 Å². The van der Waals surface area contributed by atoms with E-state index in [2.05, 4.69) is 15.4 Å². The maximum Gasteiger partial charge on any atom is 0.248 e. The first-order chi connectivity index (χ1) is 15.1. The molecule has 1 aromatic carbocycles. The number of amides is 1. The fourth-order valence-electron chi connectivity index (χ4n) is 3.29. The first-order valence-corrected chi connectivity index (χ1v) is 9.69. The summed E-state index contributed by atoms with van der Waals surface area (Å²) in [4.78, 5) is 16.8. The van der Waals surface area contributed by atoms with Gasteiger partial charge in [-0.2, -0.15) is 10.2 Å². The zero-order chi connectivity index (χ0) is 21.8. The van der Waals surface area contributed by atoms with Crippen molar-refractivity contribution < 1.29 is 9.53 Å². The number of pyridine rings is 1. The molecule has 31 heavy (non-hydrogen) atoms. The molecule has 3 aromatic heterocycles. The second kappa shape index (κ2) is 8.66. The first kappa shape index (κ1) is 20.1. The summed E-state index contributed by atoms with van der Waals surface area (Å²) < 4.78 is 8.70. The average Bonchev–Trinajstić information content (AvgIpc) is 3.34. The van der Waals surface area contributed by atoms with Gasteiger partial charge in [0.1, 0.15) is 11.4 Å². The van der Waals surface area contributed by atoms with E-state index >= 15 is 0 Å². The van der Waals surface area contributed by atoms with Gasteiger partial charge in [0.15, 0.2) is 0 Å². The fraction of sp³-hybridized carbons (Fsp3) is 0.130. The summed E-state index contributed by atoms with van der Waals surface area (Å²) >= 11 is 0. The smallest absolute Gasteiger partial charge is 0.248 e. The van der Waals surface area contributed by atoms with Crippen LogP contribution in [0.1, 0.15) is 11.3 Å². The molecule has 0 radical (unpaired) electrons. The second-order valence-corrected chi connectivity index (χ2v) is 6.87. The van der Waals surface area contributed by atoms with Crippen LogP contribution in [0.2, 0.25) is 0 Å². The van der Waals surface area contributed by atoms with Crippen molar-refractivity contribution in [3.8, 4) is 22.8 Å². The molecule has 0 fully saturated rings. The molecule has 0 spiro atoms. The van der Waals surface area contributed by atoms with Crippen LogP contribution in [0.3, 0.4) is 0 Å². The van der Waals surface area contributed by atoms with Crippen molar-refractivity contribution in [2.75, 3.05) is 12.4 Å². The number of carbonyl (C=O) groups excluding carboxylic acids is 1. The Balaban J connectivity index is 1.65. The van der Waals surface area contributed by atoms with Crippen LogP contribution in [0.25, 0.3) is 23.0 Å². The van der Waals surface area contributed by atoms with E-state index in [9.17, 15) is 4.79 Å². The van der Waals surface area contributed by atoms with Crippen molar-refractivity contribution in [2.24, 2.45) is 7.05 Å². The van der Waals surface area contributed by atoms with Crippen LogP contribution >= 0.6 is 0 Å². The van der Waals surface area contributed by atoms with Crippen molar-refractivity contribution >= 4 is 17.7 Å². The molecule has 0 aliphatic heterocycles. The van der Waals surface area contributed by atoms with Crippen molar-refractivity contribution in [2.45, 2.75) is 6.92 Å². The Morgan fingerprint density at radius 3 is 2.65 bits per heavy atom. The number of rotatable bonds is 6. The number of nitrogens with one attached hydrogen (secondary N) is 1. The number of aryl methyl sites for hydroxylation is 2. The van der Waals surface area contributed by atoms with Crippen LogP contribution in [0.15, 0.2) is 67.1 Å². The quantitative estimate of drug-likeness (QED) is 0.487. The highest BCUT2D eigenvalue weighted by atomic mass is 16.5. The summed E-state index contributed by atoms with van der Waals surface area (Å²) in [7, 11) is 3.30. The molecule has 4 aromatic rings. The Morgan fingerprint density at radius 2 is 1.94 bits per heavy atom. The van der Waals surface area contributed by atoms with Gasteiger partial charge in [0.05, 0.1) is 18.5 Å². The van der Waals surface area contributed by atoms with E-state index in [1.165, 1.54) is 6.08 Å². The first-order valence-electron chi connectivity index (χ1n) is 9.69. The minimum Gasteiger partial charge on any atom is -0.480 e. The average molecular weight is 414 g/mol. The fourth-order valence-corrected chi connectivity index (χ4v) is 3.29. The second-order valence-electron chi connectivity index (χ2n) is 6.87. The van der Waals surface area contributed by atoms with E-state index < -0.39 is 0 Å². The molecule has 0 saturated heterocycles.